The van der Waals surface area contributed by atoms with Crippen LogP contribution in [0.4, 0.5) is 10.5 Å². The molecule has 8 heteroatoms. The molecule has 4 aromatic rings. The zero-order chi connectivity index (χ0) is 27.3. The molecule has 0 aliphatic heterocycles. The molecular weight excluding hydrogens is 504 g/mol. The highest BCUT2D eigenvalue weighted by Crippen LogP contribution is 2.48. The van der Waals surface area contributed by atoms with E-state index in [0.29, 0.717) is 21.8 Å². The molecule has 7 nitrogen and oxygen atoms in total. The molecule has 3 aromatic carbocycles. The second kappa shape index (κ2) is 11.4. The van der Waals surface area contributed by atoms with Crippen molar-refractivity contribution in [2.75, 3.05) is 5.32 Å². The van der Waals surface area contributed by atoms with Crippen LogP contribution < -0.4 is 5.32 Å². The quantitative estimate of drug-likeness (QED) is 0.287. The predicted molar refractivity (Wildman–Crippen MR) is 143 cm³/mol. The summed E-state index contributed by atoms with van der Waals surface area (Å²) in [6.07, 6.45) is 1.58. The highest BCUT2D eigenvalue weighted by Gasteiger charge is 2.38. The number of aryl methyl sites for hydroxylation is 1. The van der Waals surface area contributed by atoms with Crippen LogP contribution in [0.15, 0.2) is 65.2 Å². The molecule has 1 aliphatic carbocycles. The third kappa shape index (κ3) is 6.12. The lowest BCUT2D eigenvalue weighted by molar-refractivity contribution is -0.191. The fourth-order valence-electron chi connectivity index (χ4n) is 4.07. The Morgan fingerprint density at radius 3 is 2.47 bits per heavy atom. The predicted octanol–water partition coefficient (Wildman–Crippen LogP) is 6.97. The molecule has 1 N–H and O–H groups in total. The smallest absolute Gasteiger partial charge is 0.412 e. The number of nitrogens with one attached hydrogen (secondary N) is 1. The number of ether oxygens (including phenoxy) is 1. The molecule has 0 spiro atoms. The molecule has 1 saturated carbocycles. The minimum atomic E-state index is -0.641. The van der Waals surface area contributed by atoms with Crippen molar-refractivity contribution in [3.63, 3.8) is 0 Å². The van der Waals surface area contributed by atoms with Crippen molar-refractivity contribution in [3.05, 3.63) is 93.8 Å². The molecule has 1 heterocycles. The van der Waals surface area contributed by atoms with E-state index >= 15 is 0 Å². The summed E-state index contributed by atoms with van der Waals surface area (Å²) >= 11 is 6.21. The van der Waals surface area contributed by atoms with Gasteiger partial charge in [0.15, 0.2) is 0 Å². The minimum Gasteiger partial charge on any atom is -0.441 e. The van der Waals surface area contributed by atoms with E-state index in [9.17, 15) is 4.79 Å². The van der Waals surface area contributed by atoms with Crippen LogP contribution in [0.25, 0.3) is 10.8 Å². The van der Waals surface area contributed by atoms with Crippen molar-refractivity contribution in [3.8, 4) is 11.8 Å². The van der Waals surface area contributed by atoms with Gasteiger partial charge in [0, 0.05) is 16.1 Å². The number of amides is 1. The molecule has 5 rings (SSSR count). The minimum absolute atomic E-state index is 0.250. The molecule has 192 valence electrons. The molecule has 0 saturated heterocycles. The van der Waals surface area contributed by atoms with E-state index in [1.807, 2.05) is 24.3 Å². The standard InChI is InChI=1S/C29H25ClN2O3.CO2/c1-18-27(31-28(33)34-19(2)24-6-4-5-7-25(24)30)26(35-32-18)13-9-20-8-10-22-17-23(29(3)14-15-29)12-11-21(22)16-20;2-1-3/h4-8,10-12,16-17,19H,14-15H2,1-3H3,(H,31,33);. The molecule has 1 atom stereocenters. The molecule has 1 aromatic heterocycles. The van der Waals surface area contributed by atoms with Crippen molar-refractivity contribution in [1.29, 1.82) is 0 Å². The van der Waals surface area contributed by atoms with Crippen LogP contribution in [-0.4, -0.2) is 17.4 Å². The molecule has 0 bridgehead atoms. The number of benzene rings is 3. The lowest BCUT2D eigenvalue weighted by Gasteiger charge is -2.15. The Kier molecular flexibility index (Phi) is 7.97. The summed E-state index contributed by atoms with van der Waals surface area (Å²) in [4.78, 5) is 28.8. The number of nitrogens with zero attached hydrogens (tertiary/aromatic N) is 1. The Bertz CT molecular complexity index is 1590. The van der Waals surface area contributed by atoms with Gasteiger partial charge in [0.05, 0.1) is 0 Å². The molecule has 1 unspecified atom stereocenters. The SMILES string of the molecule is Cc1noc(C#Cc2ccc3cc(C4(C)CC4)ccc3c2)c1NC(=O)OC(C)c1ccccc1Cl.O=C=O. The summed E-state index contributed by atoms with van der Waals surface area (Å²) in [6, 6.07) is 20.0. The van der Waals surface area contributed by atoms with Crippen LogP contribution in [0.5, 0.6) is 0 Å². The zero-order valence-corrected chi connectivity index (χ0v) is 21.9. The van der Waals surface area contributed by atoms with E-state index in [4.69, 9.17) is 30.4 Å². The monoisotopic (exact) mass is 528 g/mol. The van der Waals surface area contributed by atoms with Gasteiger partial charge in [0.25, 0.3) is 0 Å². The van der Waals surface area contributed by atoms with Gasteiger partial charge in [-0.2, -0.15) is 9.59 Å². The van der Waals surface area contributed by atoms with E-state index in [1.165, 1.54) is 23.8 Å². The summed E-state index contributed by atoms with van der Waals surface area (Å²) in [5.41, 5.74) is 4.20. The lowest BCUT2D eigenvalue weighted by atomic mass is 9.95. The normalized spacial score (nSPS) is 13.7. The van der Waals surface area contributed by atoms with E-state index in [-0.39, 0.29) is 11.9 Å². The maximum absolute atomic E-state index is 12.5. The Hall–Kier alpha value is -4.37. The fourth-order valence-corrected chi connectivity index (χ4v) is 4.36. The van der Waals surface area contributed by atoms with Gasteiger partial charge in [-0.25, -0.2) is 4.79 Å². The average Bonchev–Trinajstić information content (AvgIpc) is 3.57. The van der Waals surface area contributed by atoms with E-state index in [2.05, 4.69) is 59.6 Å². The number of aromatic nitrogens is 1. The third-order valence-corrected chi connectivity index (χ3v) is 6.92. The number of carbonyl (C=O) groups excluding carboxylic acids is 3. The summed E-state index contributed by atoms with van der Waals surface area (Å²) in [5.74, 6) is 6.37. The summed E-state index contributed by atoms with van der Waals surface area (Å²) in [7, 11) is 0. The maximum atomic E-state index is 12.5. The topological polar surface area (TPSA) is 98.5 Å². The highest BCUT2D eigenvalue weighted by molar-refractivity contribution is 6.31. The molecule has 1 fully saturated rings. The van der Waals surface area contributed by atoms with Crippen molar-refractivity contribution >= 4 is 40.3 Å². The molecule has 38 heavy (non-hydrogen) atoms. The Morgan fingerprint density at radius 2 is 1.76 bits per heavy atom. The molecule has 1 amide bonds. The van der Waals surface area contributed by atoms with E-state index in [0.717, 1.165) is 16.5 Å². The first-order chi connectivity index (χ1) is 18.2. The van der Waals surface area contributed by atoms with Gasteiger partial charge in [0.2, 0.25) is 5.76 Å². The number of halogens is 1. The number of anilines is 1. The van der Waals surface area contributed by atoms with Crippen LogP contribution in [0.2, 0.25) is 5.02 Å². The summed E-state index contributed by atoms with van der Waals surface area (Å²) in [5, 5.41) is 9.53. The number of rotatable bonds is 4. The first-order valence-electron chi connectivity index (χ1n) is 12.0. The van der Waals surface area contributed by atoms with Gasteiger partial charge in [-0.05, 0) is 72.6 Å². The van der Waals surface area contributed by atoms with Crippen molar-refractivity contribution in [2.24, 2.45) is 0 Å². The highest BCUT2D eigenvalue weighted by atomic mass is 35.5. The first-order valence-corrected chi connectivity index (χ1v) is 12.4. The van der Waals surface area contributed by atoms with Crippen LogP contribution in [0, 0.1) is 18.8 Å². The molecule has 1 aliphatic rings. The van der Waals surface area contributed by atoms with Crippen LogP contribution in [-0.2, 0) is 19.7 Å². The van der Waals surface area contributed by atoms with E-state index < -0.39 is 12.2 Å². The van der Waals surface area contributed by atoms with Gasteiger partial charge in [-0.3, -0.25) is 5.32 Å². The van der Waals surface area contributed by atoms with Crippen molar-refractivity contribution in [1.82, 2.24) is 5.16 Å². The number of fused-ring (bicyclic) bond motifs is 1. The maximum Gasteiger partial charge on any atom is 0.412 e. The molecule has 0 radical (unpaired) electrons. The van der Waals surface area contributed by atoms with Crippen LogP contribution in [0.1, 0.15) is 60.9 Å². The zero-order valence-electron chi connectivity index (χ0n) is 21.1. The first kappa shape index (κ1) is 26.7. The second-order valence-corrected chi connectivity index (χ2v) is 9.74. The Balaban J connectivity index is 0.00000107. The van der Waals surface area contributed by atoms with Crippen molar-refractivity contribution in [2.45, 2.75) is 45.1 Å². The average molecular weight is 529 g/mol. The Labute approximate surface area is 225 Å². The number of hydrogen-bond acceptors (Lipinski definition) is 6. The van der Waals surface area contributed by atoms with Gasteiger partial charge in [-0.15, -0.1) is 0 Å². The van der Waals surface area contributed by atoms with Gasteiger partial charge < -0.3 is 9.26 Å². The second-order valence-electron chi connectivity index (χ2n) is 9.34. The van der Waals surface area contributed by atoms with Gasteiger partial charge in [0.1, 0.15) is 17.5 Å². The van der Waals surface area contributed by atoms with Gasteiger partial charge in [-0.1, -0.05) is 72.1 Å². The number of hydrogen-bond donors (Lipinski definition) is 1. The number of carbonyl (C=O) groups is 1. The summed E-state index contributed by atoms with van der Waals surface area (Å²) < 4.78 is 10.9. The van der Waals surface area contributed by atoms with Crippen LogP contribution >= 0.6 is 11.6 Å². The fraction of sp³-hybridized carbons (Fsp3) is 0.233. The Morgan fingerprint density at radius 1 is 1.08 bits per heavy atom. The van der Waals surface area contributed by atoms with E-state index in [1.54, 1.807) is 19.9 Å². The van der Waals surface area contributed by atoms with Crippen molar-refractivity contribution < 1.29 is 23.6 Å². The van der Waals surface area contributed by atoms with Gasteiger partial charge >= 0.3 is 12.2 Å². The summed E-state index contributed by atoms with van der Waals surface area (Å²) in [6.45, 7) is 5.80. The molecular formula is C30H25ClN2O5. The lowest BCUT2D eigenvalue weighted by Crippen LogP contribution is -2.17. The largest absolute Gasteiger partial charge is 0.441 e. The third-order valence-electron chi connectivity index (χ3n) is 6.57. The van der Waals surface area contributed by atoms with Crippen LogP contribution in [0.3, 0.4) is 0 Å².